The van der Waals surface area contributed by atoms with Gasteiger partial charge in [0.25, 0.3) is 5.91 Å². The molecule has 0 aromatic heterocycles. The zero-order chi connectivity index (χ0) is 23.9. The van der Waals surface area contributed by atoms with Crippen molar-refractivity contribution in [2.75, 3.05) is 43.4 Å². The van der Waals surface area contributed by atoms with Crippen LogP contribution in [-0.2, 0) is 11.3 Å². The molecule has 6 heteroatoms. The number of benzene rings is 3. The average molecular weight is 457 g/mol. The van der Waals surface area contributed by atoms with Crippen LogP contribution >= 0.6 is 0 Å². The molecule has 4 rings (SSSR count). The summed E-state index contributed by atoms with van der Waals surface area (Å²) in [6.07, 6.45) is 0. The van der Waals surface area contributed by atoms with E-state index in [1.165, 1.54) is 5.56 Å². The number of carbonyl (C=O) groups excluding carboxylic acids is 2. The van der Waals surface area contributed by atoms with E-state index in [1.54, 1.807) is 0 Å². The third-order valence-corrected chi connectivity index (χ3v) is 6.23. The fraction of sp³-hybridized carbons (Fsp3) is 0.286. The second-order valence-electron chi connectivity index (χ2n) is 8.88. The highest BCUT2D eigenvalue weighted by molar-refractivity contribution is 6.04. The predicted octanol–water partition coefficient (Wildman–Crippen LogP) is 4.31. The van der Waals surface area contributed by atoms with Crippen LogP contribution in [0.5, 0.6) is 0 Å². The molecule has 0 atom stereocenters. The maximum atomic E-state index is 12.6. The highest BCUT2D eigenvalue weighted by atomic mass is 16.2. The lowest BCUT2D eigenvalue weighted by Gasteiger charge is -2.34. The molecule has 0 radical (unpaired) electrons. The number of aryl methyl sites for hydroxylation is 2. The van der Waals surface area contributed by atoms with Gasteiger partial charge >= 0.3 is 0 Å². The largest absolute Gasteiger partial charge is 0.324 e. The van der Waals surface area contributed by atoms with E-state index in [2.05, 4.69) is 20.4 Å². The summed E-state index contributed by atoms with van der Waals surface area (Å²) in [7, 11) is 0. The Hall–Kier alpha value is -3.48. The molecule has 176 valence electrons. The summed E-state index contributed by atoms with van der Waals surface area (Å²) in [4.78, 5) is 29.6. The van der Waals surface area contributed by atoms with Gasteiger partial charge in [0.2, 0.25) is 5.91 Å². The van der Waals surface area contributed by atoms with E-state index in [0.29, 0.717) is 12.1 Å². The van der Waals surface area contributed by atoms with Gasteiger partial charge in [0.1, 0.15) is 0 Å². The minimum atomic E-state index is -0.106. The first kappa shape index (κ1) is 23.7. The summed E-state index contributed by atoms with van der Waals surface area (Å²) in [5.74, 6) is -0.0688. The van der Waals surface area contributed by atoms with Crippen molar-refractivity contribution in [3.05, 3.63) is 95.1 Å². The maximum Gasteiger partial charge on any atom is 0.255 e. The normalized spacial score (nSPS) is 14.5. The molecule has 3 aromatic rings. The zero-order valence-corrected chi connectivity index (χ0v) is 19.9. The van der Waals surface area contributed by atoms with Gasteiger partial charge in [-0.1, -0.05) is 48.5 Å². The molecule has 0 spiro atoms. The van der Waals surface area contributed by atoms with Crippen molar-refractivity contribution in [3.63, 3.8) is 0 Å². The Balaban J connectivity index is 1.22. The molecule has 6 nitrogen and oxygen atoms in total. The number of nitrogens with one attached hydrogen (secondary N) is 2. The zero-order valence-electron chi connectivity index (χ0n) is 19.9. The van der Waals surface area contributed by atoms with Crippen molar-refractivity contribution in [2.24, 2.45) is 0 Å². The number of para-hydroxylation sites is 2. The van der Waals surface area contributed by atoms with Crippen molar-refractivity contribution in [3.8, 4) is 0 Å². The molecular weight excluding hydrogens is 424 g/mol. The van der Waals surface area contributed by atoms with Crippen molar-refractivity contribution < 1.29 is 9.59 Å². The maximum absolute atomic E-state index is 12.6. The minimum absolute atomic E-state index is 0.0372. The summed E-state index contributed by atoms with van der Waals surface area (Å²) in [5, 5.41) is 5.99. The number of anilines is 2. The van der Waals surface area contributed by atoms with Gasteiger partial charge in [-0.2, -0.15) is 0 Å². The molecule has 2 amide bonds. The number of hydrogen-bond acceptors (Lipinski definition) is 4. The van der Waals surface area contributed by atoms with Crippen LogP contribution < -0.4 is 10.6 Å². The van der Waals surface area contributed by atoms with E-state index in [0.717, 1.165) is 55.2 Å². The molecule has 34 heavy (non-hydrogen) atoms. The van der Waals surface area contributed by atoms with Crippen molar-refractivity contribution in [1.82, 2.24) is 9.80 Å². The number of carbonyl (C=O) groups is 2. The van der Waals surface area contributed by atoms with E-state index < -0.39 is 0 Å². The van der Waals surface area contributed by atoms with Crippen LogP contribution in [0.15, 0.2) is 72.8 Å². The fourth-order valence-corrected chi connectivity index (χ4v) is 4.24. The van der Waals surface area contributed by atoms with Crippen molar-refractivity contribution >= 4 is 23.2 Å². The quantitative estimate of drug-likeness (QED) is 0.556. The number of hydrogen-bond donors (Lipinski definition) is 2. The topological polar surface area (TPSA) is 64.7 Å². The van der Waals surface area contributed by atoms with Gasteiger partial charge < -0.3 is 10.6 Å². The fourth-order valence-electron chi connectivity index (χ4n) is 4.24. The Kier molecular flexibility index (Phi) is 7.72. The number of nitrogens with zero attached hydrogens (tertiary/aromatic N) is 2. The Labute approximate surface area is 201 Å². The highest BCUT2D eigenvalue weighted by Crippen LogP contribution is 2.19. The van der Waals surface area contributed by atoms with Crippen LogP contribution in [0.25, 0.3) is 0 Å². The monoisotopic (exact) mass is 456 g/mol. The Morgan fingerprint density at radius 3 is 2.00 bits per heavy atom. The van der Waals surface area contributed by atoms with Crippen LogP contribution in [0.1, 0.15) is 27.0 Å². The first-order valence-corrected chi connectivity index (χ1v) is 11.7. The van der Waals surface area contributed by atoms with E-state index in [-0.39, 0.29) is 11.8 Å². The van der Waals surface area contributed by atoms with Crippen LogP contribution in [-0.4, -0.2) is 54.3 Å². The van der Waals surface area contributed by atoms with E-state index in [1.807, 2.05) is 86.6 Å². The highest BCUT2D eigenvalue weighted by Gasteiger charge is 2.20. The molecule has 2 N–H and O–H groups in total. The second-order valence-corrected chi connectivity index (χ2v) is 8.88. The second kappa shape index (κ2) is 11.1. The van der Waals surface area contributed by atoms with Crippen LogP contribution in [0, 0.1) is 13.8 Å². The average Bonchev–Trinajstić information content (AvgIpc) is 2.84. The van der Waals surface area contributed by atoms with Crippen molar-refractivity contribution in [2.45, 2.75) is 20.4 Å². The lowest BCUT2D eigenvalue weighted by molar-refractivity contribution is -0.117. The van der Waals surface area contributed by atoms with Gasteiger partial charge in [-0.3, -0.25) is 19.4 Å². The van der Waals surface area contributed by atoms with Crippen molar-refractivity contribution in [1.29, 1.82) is 0 Å². The van der Waals surface area contributed by atoms with E-state index >= 15 is 0 Å². The summed E-state index contributed by atoms with van der Waals surface area (Å²) < 4.78 is 0. The summed E-state index contributed by atoms with van der Waals surface area (Å²) in [5.41, 5.74) is 5.71. The molecule has 1 heterocycles. The van der Waals surface area contributed by atoms with E-state index in [9.17, 15) is 9.59 Å². The predicted molar refractivity (Wildman–Crippen MR) is 137 cm³/mol. The Morgan fingerprint density at radius 1 is 0.735 bits per heavy atom. The van der Waals surface area contributed by atoms with Crippen LogP contribution in [0.3, 0.4) is 0 Å². The number of piperazine rings is 1. The molecule has 1 saturated heterocycles. The summed E-state index contributed by atoms with van der Waals surface area (Å²) >= 11 is 0. The summed E-state index contributed by atoms with van der Waals surface area (Å²) in [6, 6.07) is 23.3. The molecule has 1 fully saturated rings. The molecule has 1 aliphatic rings. The molecule has 3 aromatic carbocycles. The van der Waals surface area contributed by atoms with Gasteiger partial charge in [0, 0.05) is 49.7 Å². The molecular formula is C28H32N4O2. The summed E-state index contributed by atoms with van der Waals surface area (Å²) in [6.45, 7) is 8.82. The minimum Gasteiger partial charge on any atom is -0.324 e. The third kappa shape index (κ3) is 6.31. The van der Waals surface area contributed by atoms with Gasteiger partial charge in [0.05, 0.1) is 6.54 Å². The molecule has 1 aliphatic heterocycles. The third-order valence-electron chi connectivity index (χ3n) is 6.23. The Morgan fingerprint density at radius 2 is 1.35 bits per heavy atom. The lowest BCUT2D eigenvalue weighted by Crippen LogP contribution is -2.48. The SMILES string of the molecule is Cc1cccc(C)c1NC(=O)CN1CCN(Cc2ccc(C(=O)Nc3ccccc3)cc2)CC1. The Bertz CT molecular complexity index is 1100. The van der Waals surface area contributed by atoms with Crippen LogP contribution in [0.4, 0.5) is 11.4 Å². The molecule has 0 aliphatic carbocycles. The van der Waals surface area contributed by atoms with Crippen LogP contribution in [0.2, 0.25) is 0 Å². The van der Waals surface area contributed by atoms with E-state index in [4.69, 9.17) is 0 Å². The molecule has 0 saturated carbocycles. The van der Waals surface area contributed by atoms with Gasteiger partial charge in [-0.25, -0.2) is 0 Å². The lowest BCUT2D eigenvalue weighted by atomic mass is 10.1. The first-order chi connectivity index (χ1) is 16.5. The van der Waals surface area contributed by atoms with Gasteiger partial charge in [-0.15, -0.1) is 0 Å². The standard InChI is InChI=1S/C28H32N4O2/c1-21-7-6-8-22(2)27(21)30-26(33)20-32-17-15-31(16-18-32)19-23-11-13-24(14-12-23)28(34)29-25-9-4-3-5-10-25/h3-14H,15-20H2,1-2H3,(H,29,34)(H,30,33). The first-order valence-electron chi connectivity index (χ1n) is 11.7. The smallest absolute Gasteiger partial charge is 0.255 e. The van der Waals surface area contributed by atoms with Gasteiger partial charge in [0.15, 0.2) is 0 Å². The number of rotatable bonds is 7. The van der Waals surface area contributed by atoms with Gasteiger partial charge in [-0.05, 0) is 54.8 Å². The number of amides is 2. The molecule has 0 unspecified atom stereocenters. The molecule has 0 bridgehead atoms.